The van der Waals surface area contributed by atoms with Crippen LogP contribution in [0.1, 0.15) is 46.2 Å². The highest BCUT2D eigenvalue weighted by Gasteiger charge is 2.22. The van der Waals surface area contributed by atoms with Gasteiger partial charge in [0.25, 0.3) is 0 Å². The Kier molecular flexibility index (Phi) is 5.54. The fourth-order valence-electron chi connectivity index (χ4n) is 1.82. The molecule has 0 aliphatic heterocycles. The Morgan fingerprint density at radius 1 is 1.53 bits per heavy atom. The molecule has 0 bridgehead atoms. The molecule has 0 aliphatic carbocycles. The molecule has 0 aromatic carbocycles. The molecular weight excluding hydrogens is 240 g/mol. The second-order valence-electron chi connectivity index (χ2n) is 5.47. The van der Waals surface area contributed by atoms with Gasteiger partial charge in [0.1, 0.15) is 0 Å². The molecule has 19 heavy (non-hydrogen) atoms. The molecule has 1 aromatic heterocycles. The van der Waals surface area contributed by atoms with E-state index in [2.05, 4.69) is 36.4 Å². The van der Waals surface area contributed by atoms with Crippen molar-refractivity contribution in [1.29, 1.82) is 0 Å². The van der Waals surface area contributed by atoms with Gasteiger partial charge >= 0.3 is 0 Å². The van der Waals surface area contributed by atoms with Gasteiger partial charge in [-0.15, -0.1) is 0 Å². The monoisotopic (exact) mass is 266 g/mol. The van der Waals surface area contributed by atoms with Gasteiger partial charge in [0, 0.05) is 25.2 Å². The first kappa shape index (κ1) is 15.7. The van der Waals surface area contributed by atoms with Crippen LogP contribution in [0.2, 0.25) is 0 Å². The standard InChI is InChI=1S/C14H26N4O/c1-6-11(2)17-13(19)7-8-18-10-16-9-12(18)14(3,4)15-5/h9-11,15H,6-8H2,1-5H3,(H,17,19). The van der Waals surface area contributed by atoms with Crippen LogP contribution in [0.3, 0.4) is 0 Å². The molecule has 0 fully saturated rings. The van der Waals surface area contributed by atoms with Gasteiger partial charge in [-0.25, -0.2) is 4.98 Å². The number of hydrogen-bond acceptors (Lipinski definition) is 3. The van der Waals surface area contributed by atoms with Crippen molar-refractivity contribution >= 4 is 5.91 Å². The molecule has 1 rings (SSSR count). The number of imidazole rings is 1. The highest BCUT2D eigenvalue weighted by Crippen LogP contribution is 2.19. The maximum absolute atomic E-state index is 11.8. The van der Waals surface area contributed by atoms with Gasteiger partial charge in [0.2, 0.25) is 5.91 Å². The average Bonchev–Trinajstić information content (AvgIpc) is 2.85. The van der Waals surface area contributed by atoms with Crippen LogP contribution in [-0.4, -0.2) is 28.5 Å². The molecule has 1 heterocycles. The predicted octanol–water partition coefficient (Wildman–Crippen LogP) is 1.64. The van der Waals surface area contributed by atoms with Crippen LogP contribution in [0.4, 0.5) is 0 Å². The summed E-state index contributed by atoms with van der Waals surface area (Å²) in [4.78, 5) is 16.0. The van der Waals surface area contributed by atoms with Crippen molar-refractivity contribution in [2.24, 2.45) is 0 Å². The summed E-state index contributed by atoms with van der Waals surface area (Å²) in [5, 5.41) is 6.23. The first-order valence-corrected chi connectivity index (χ1v) is 6.89. The first-order chi connectivity index (χ1) is 8.90. The maximum Gasteiger partial charge on any atom is 0.221 e. The number of carbonyl (C=O) groups excluding carboxylic acids is 1. The molecular formula is C14H26N4O. The summed E-state index contributed by atoms with van der Waals surface area (Å²) >= 11 is 0. The fourth-order valence-corrected chi connectivity index (χ4v) is 1.82. The number of nitrogens with one attached hydrogen (secondary N) is 2. The van der Waals surface area contributed by atoms with E-state index in [1.807, 2.05) is 24.7 Å². The molecule has 2 N–H and O–H groups in total. The van der Waals surface area contributed by atoms with Crippen LogP contribution in [-0.2, 0) is 16.9 Å². The van der Waals surface area contributed by atoms with Gasteiger partial charge < -0.3 is 15.2 Å². The molecule has 1 amide bonds. The molecule has 1 atom stereocenters. The van der Waals surface area contributed by atoms with Crippen LogP contribution in [0, 0.1) is 0 Å². The summed E-state index contributed by atoms with van der Waals surface area (Å²) in [5.74, 6) is 0.0938. The Labute approximate surface area is 115 Å². The maximum atomic E-state index is 11.8. The number of hydrogen-bond donors (Lipinski definition) is 2. The van der Waals surface area contributed by atoms with Gasteiger partial charge in [-0.3, -0.25) is 4.79 Å². The molecule has 1 unspecified atom stereocenters. The van der Waals surface area contributed by atoms with E-state index >= 15 is 0 Å². The van der Waals surface area contributed by atoms with Crippen molar-refractivity contribution in [3.05, 3.63) is 18.2 Å². The van der Waals surface area contributed by atoms with Gasteiger partial charge in [0.15, 0.2) is 0 Å². The third kappa shape index (κ3) is 4.35. The Morgan fingerprint density at radius 2 is 2.21 bits per heavy atom. The van der Waals surface area contributed by atoms with Crippen molar-refractivity contribution in [2.75, 3.05) is 7.05 Å². The Bertz CT molecular complexity index is 411. The molecule has 0 spiro atoms. The van der Waals surface area contributed by atoms with E-state index in [0.717, 1.165) is 12.1 Å². The fraction of sp³-hybridized carbons (Fsp3) is 0.714. The lowest BCUT2D eigenvalue weighted by Gasteiger charge is -2.25. The van der Waals surface area contributed by atoms with Crippen molar-refractivity contribution in [2.45, 2.75) is 58.7 Å². The van der Waals surface area contributed by atoms with Crippen molar-refractivity contribution < 1.29 is 4.79 Å². The Hall–Kier alpha value is -1.36. The molecule has 0 radical (unpaired) electrons. The van der Waals surface area contributed by atoms with Crippen LogP contribution >= 0.6 is 0 Å². The quantitative estimate of drug-likeness (QED) is 0.789. The SMILES string of the molecule is CCC(C)NC(=O)CCn1cncc1C(C)(C)NC. The molecule has 108 valence electrons. The zero-order valence-electron chi connectivity index (χ0n) is 12.7. The highest BCUT2D eigenvalue weighted by atomic mass is 16.1. The smallest absolute Gasteiger partial charge is 0.221 e. The predicted molar refractivity (Wildman–Crippen MR) is 76.8 cm³/mol. The number of amides is 1. The number of carbonyl (C=O) groups is 1. The van der Waals surface area contributed by atoms with E-state index in [-0.39, 0.29) is 17.5 Å². The minimum Gasteiger partial charge on any atom is -0.354 e. The summed E-state index contributed by atoms with van der Waals surface area (Å²) in [5.41, 5.74) is 0.940. The van der Waals surface area contributed by atoms with Gasteiger partial charge in [-0.2, -0.15) is 0 Å². The zero-order valence-corrected chi connectivity index (χ0v) is 12.7. The second-order valence-corrected chi connectivity index (χ2v) is 5.47. The Balaban J connectivity index is 2.60. The van der Waals surface area contributed by atoms with Crippen LogP contribution in [0.5, 0.6) is 0 Å². The van der Waals surface area contributed by atoms with Crippen LogP contribution in [0.15, 0.2) is 12.5 Å². The van der Waals surface area contributed by atoms with Gasteiger partial charge in [-0.1, -0.05) is 6.92 Å². The van der Waals surface area contributed by atoms with Crippen molar-refractivity contribution in [3.8, 4) is 0 Å². The first-order valence-electron chi connectivity index (χ1n) is 6.89. The minimum absolute atomic E-state index is 0.0938. The van der Waals surface area contributed by atoms with Crippen LogP contribution < -0.4 is 10.6 Å². The summed E-state index contributed by atoms with van der Waals surface area (Å²) in [6.45, 7) is 8.93. The molecule has 5 nitrogen and oxygen atoms in total. The third-order valence-corrected chi connectivity index (χ3v) is 3.58. The summed E-state index contributed by atoms with van der Waals surface area (Å²) in [7, 11) is 1.92. The largest absolute Gasteiger partial charge is 0.354 e. The van der Waals surface area contributed by atoms with E-state index in [1.54, 1.807) is 6.33 Å². The van der Waals surface area contributed by atoms with E-state index < -0.39 is 0 Å². The van der Waals surface area contributed by atoms with E-state index in [9.17, 15) is 4.79 Å². The lowest BCUT2D eigenvalue weighted by molar-refractivity contribution is -0.121. The average molecular weight is 266 g/mol. The lowest BCUT2D eigenvalue weighted by atomic mass is 10.0. The number of rotatable bonds is 7. The molecule has 0 aliphatic rings. The summed E-state index contributed by atoms with van der Waals surface area (Å²) < 4.78 is 2.03. The number of nitrogens with zero attached hydrogens (tertiary/aromatic N) is 2. The topological polar surface area (TPSA) is 59.0 Å². The molecule has 0 saturated carbocycles. The molecule has 1 aromatic rings. The highest BCUT2D eigenvalue weighted by molar-refractivity contribution is 5.76. The molecule has 5 heteroatoms. The van der Waals surface area contributed by atoms with Crippen molar-refractivity contribution in [1.82, 2.24) is 20.2 Å². The van der Waals surface area contributed by atoms with Crippen LogP contribution in [0.25, 0.3) is 0 Å². The second kappa shape index (κ2) is 6.70. The normalized spacial score (nSPS) is 13.3. The summed E-state index contributed by atoms with van der Waals surface area (Å²) in [6, 6.07) is 0.239. The molecule has 0 saturated heterocycles. The third-order valence-electron chi connectivity index (χ3n) is 3.58. The van der Waals surface area contributed by atoms with Crippen molar-refractivity contribution in [3.63, 3.8) is 0 Å². The van der Waals surface area contributed by atoms with E-state index in [0.29, 0.717) is 13.0 Å². The number of aryl methyl sites for hydroxylation is 1. The zero-order chi connectivity index (χ0) is 14.5. The van der Waals surface area contributed by atoms with E-state index in [4.69, 9.17) is 0 Å². The lowest BCUT2D eigenvalue weighted by Crippen LogP contribution is -2.36. The summed E-state index contributed by atoms with van der Waals surface area (Å²) in [6.07, 6.45) is 5.07. The Morgan fingerprint density at radius 3 is 2.79 bits per heavy atom. The minimum atomic E-state index is -0.149. The van der Waals surface area contributed by atoms with Gasteiger partial charge in [-0.05, 0) is 34.2 Å². The van der Waals surface area contributed by atoms with Gasteiger partial charge in [0.05, 0.1) is 17.6 Å². The number of aromatic nitrogens is 2. The van der Waals surface area contributed by atoms with E-state index in [1.165, 1.54) is 0 Å².